The first kappa shape index (κ1) is 18.3. The van der Waals surface area contributed by atoms with Crippen molar-refractivity contribution in [2.45, 2.75) is 0 Å². The number of anilines is 1. The molecule has 0 radical (unpaired) electrons. The topological polar surface area (TPSA) is 141 Å². The van der Waals surface area contributed by atoms with Gasteiger partial charge < -0.3 is 10.4 Å². The lowest BCUT2D eigenvalue weighted by Crippen LogP contribution is -2.68. The summed E-state index contributed by atoms with van der Waals surface area (Å²) in [4.78, 5) is 4.66. The van der Waals surface area contributed by atoms with Crippen LogP contribution in [0.2, 0.25) is 0 Å². The average Bonchev–Trinajstić information content (AvgIpc) is 2.52. The van der Waals surface area contributed by atoms with Crippen LogP contribution in [-0.2, 0) is 7.05 Å². The maximum atomic E-state index is 8.86. The monoisotopic (exact) mass is 353 g/mol. The van der Waals surface area contributed by atoms with Crippen molar-refractivity contribution in [3.05, 3.63) is 42.5 Å². The predicted octanol–water partition coefficient (Wildman–Crippen LogP) is -3.14. The molecule has 0 saturated heterocycles. The van der Waals surface area contributed by atoms with Gasteiger partial charge in [0.1, 0.15) is 18.1 Å². The van der Waals surface area contributed by atoms with Crippen LogP contribution in [0, 0.1) is 10.2 Å². The molecule has 128 valence electrons. The quantitative estimate of drug-likeness (QED) is 0.374. The van der Waals surface area contributed by atoms with Crippen molar-refractivity contribution in [2.75, 3.05) is 18.5 Å². The summed E-state index contributed by atoms with van der Waals surface area (Å²) in [5, 5.41) is 12.0. The van der Waals surface area contributed by atoms with Crippen molar-refractivity contribution < 1.29 is 38.6 Å². The van der Waals surface area contributed by atoms with Crippen LogP contribution in [0.4, 0.5) is 5.69 Å². The van der Waals surface area contributed by atoms with Gasteiger partial charge in [-0.3, -0.25) is 0 Å². The third-order valence-corrected chi connectivity index (χ3v) is 3.26. The number of aryl methyl sites for hydroxylation is 1. The molecule has 2 N–H and O–H groups in total. The summed E-state index contributed by atoms with van der Waals surface area (Å²) in [5.74, 6) is 0. The Morgan fingerprint density at radius 2 is 1.67 bits per heavy atom. The smallest absolute Gasteiger partial charge is 0.233 e. The molecule has 8 nitrogen and oxygen atoms in total. The van der Waals surface area contributed by atoms with Crippen LogP contribution in [0.3, 0.4) is 0 Å². The number of nitrogens with zero attached hydrogens (tertiary/aromatic N) is 2. The summed E-state index contributed by atoms with van der Waals surface area (Å²) in [6.07, 6.45) is 0. The van der Waals surface area contributed by atoms with Gasteiger partial charge in [0.05, 0.1) is 6.61 Å². The number of para-hydroxylation sites is 2. The average molecular weight is 354 g/mol. The van der Waals surface area contributed by atoms with Crippen molar-refractivity contribution in [3.63, 3.8) is 0 Å². The van der Waals surface area contributed by atoms with Crippen molar-refractivity contribution in [3.8, 4) is 0 Å². The highest BCUT2D eigenvalue weighted by atomic mass is 35.7. The number of aliphatic hydroxyl groups excluding tert-OH is 1. The van der Waals surface area contributed by atoms with Crippen LogP contribution < -0.4 is 28.5 Å². The third-order valence-electron chi connectivity index (χ3n) is 3.26. The fraction of sp³-hybridized carbons (Fsp3) is 0.200. The van der Waals surface area contributed by atoms with E-state index in [9.17, 15) is 0 Å². The van der Waals surface area contributed by atoms with Gasteiger partial charge >= 0.3 is 0 Å². The number of hydrogen-bond donors (Lipinski definition) is 2. The van der Waals surface area contributed by atoms with E-state index in [-0.39, 0.29) is 6.61 Å². The van der Waals surface area contributed by atoms with E-state index in [4.69, 9.17) is 23.7 Å². The van der Waals surface area contributed by atoms with Crippen LogP contribution in [0.5, 0.6) is 0 Å². The number of aromatic nitrogens is 2. The van der Waals surface area contributed by atoms with Gasteiger partial charge in [0.2, 0.25) is 11.0 Å². The molecule has 0 aliphatic carbocycles. The summed E-state index contributed by atoms with van der Waals surface area (Å²) < 4.78 is 36.1. The summed E-state index contributed by atoms with van der Waals surface area (Å²) in [5.41, 5.74) is 5.13. The lowest BCUT2D eigenvalue weighted by Gasteiger charge is -2.17. The van der Waals surface area contributed by atoms with Crippen LogP contribution in [0.15, 0.2) is 42.5 Å². The molecule has 0 atom stereocenters. The molecule has 0 aliphatic heterocycles. The summed E-state index contributed by atoms with van der Waals surface area (Å²) in [7, 11) is -2.90. The van der Waals surface area contributed by atoms with E-state index in [1.54, 1.807) is 0 Å². The Hall–Kier alpha value is -2.07. The zero-order chi connectivity index (χ0) is 17.7. The van der Waals surface area contributed by atoms with Gasteiger partial charge in [-0.2, -0.15) is 4.57 Å². The minimum absolute atomic E-state index is 0.125. The number of fused-ring (bicyclic) bond motifs is 2. The number of aliphatic hydroxyl groups is 1. The van der Waals surface area contributed by atoms with Crippen molar-refractivity contribution in [1.29, 1.82) is 0 Å². The number of hydrogen-bond acceptors (Lipinski definition) is 7. The molecule has 2 aromatic carbocycles. The Kier molecular flexibility index (Phi) is 5.84. The maximum absolute atomic E-state index is 8.86. The maximum Gasteiger partial charge on any atom is 0.233 e. The molecule has 0 fully saturated rings. The van der Waals surface area contributed by atoms with E-state index in [1.165, 1.54) is 0 Å². The molecule has 3 aromatic rings. The second kappa shape index (κ2) is 7.67. The number of nitrogens with one attached hydrogen (secondary N) is 1. The van der Waals surface area contributed by atoms with E-state index in [0.717, 1.165) is 27.8 Å². The highest BCUT2D eigenvalue weighted by Crippen LogP contribution is 2.17. The van der Waals surface area contributed by atoms with Gasteiger partial charge in [0.15, 0.2) is 0 Å². The molecule has 0 amide bonds. The van der Waals surface area contributed by atoms with E-state index < -0.39 is 10.2 Å². The fourth-order valence-corrected chi connectivity index (χ4v) is 2.30. The van der Waals surface area contributed by atoms with Gasteiger partial charge in [0.25, 0.3) is 0 Å². The fourth-order valence-electron chi connectivity index (χ4n) is 2.30. The van der Waals surface area contributed by atoms with Gasteiger partial charge in [-0.15, -0.1) is 10.2 Å². The van der Waals surface area contributed by atoms with E-state index >= 15 is 0 Å². The standard InChI is InChI=1S/C15H15N3O.ClHO4/c1-18-14-5-3-2-4-12(14)17-13-7-6-11(10-15(13)18)16-8-9-19;2-1(3,4)5/h2-7,10,19H,8-9H2,1H3;(H,2,3,4,5). The normalized spacial score (nSPS) is 11.2. The van der Waals surface area contributed by atoms with E-state index in [0.29, 0.717) is 6.54 Å². The highest BCUT2D eigenvalue weighted by molar-refractivity contribution is 5.83. The summed E-state index contributed by atoms with van der Waals surface area (Å²) in [6, 6.07) is 14.1. The van der Waals surface area contributed by atoms with Crippen molar-refractivity contribution >= 4 is 27.8 Å². The Bertz CT molecular complexity index is 832. The number of halogens is 1. The molecule has 0 saturated carbocycles. The molecule has 3 rings (SSSR count). The van der Waals surface area contributed by atoms with Gasteiger partial charge in [-0.1, -0.05) is 12.1 Å². The predicted molar refractivity (Wildman–Crippen MR) is 76.0 cm³/mol. The van der Waals surface area contributed by atoms with Crippen molar-refractivity contribution in [2.24, 2.45) is 7.05 Å². The second-order valence-corrected chi connectivity index (χ2v) is 5.65. The molecule has 0 aliphatic rings. The first-order valence-corrected chi connectivity index (χ1v) is 8.18. The minimum atomic E-state index is -4.94. The van der Waals surface area contributed by atoms with E-state index in [1.807, 2.05) is 37.4 Å². The van der Waals surface area contributed by atoms with Gasteiger partial charge in [0, 0.05) is 24.4 Å². The zero-order valence-corrected chi connectivity index (χ0v) is 13.6. The SMILES string of the molecule is C[n+]1c2ccccc2nc2ccc(NCCO)cc21.[O-][Cl+3]([O-])([O-])[O-]. The molecule has 24 heavy (non-hydrogen) atoms. The zero-order valence-electron chi connectivity index (χ0n) is 12.8. The summed E-state index contributed by atoms with van der Waals surface area (Å²) in [6.45, 7) is 0.677. The molecular formula is C15H16ClN3O5. The van der Waals surface area contributed by atoms with Gasteiger partial charge in [-0.25, -0.2) is 23.6 Å². The first-order valence-electron chi connectivity index (χ1n) is 6.94. The first-order chi connectivity index (χ1) is 11.3. The molecular weight excluding hydrogens is 338 g/mol. The number of benzene rings is 2. The lowest BCUT2D eigenvalue weighted by atomic mass is 10.2. The highest BCUT2D eigenvalue weighted by Gasteiger charge is 2.12. The third kappa shape index (κ3) is 4.96. The van der Waals surface area contributed by atoms with Crippen LogP contribution in [0.25, 0.3) is 22.1 Å². The molecule has 9 heteroatoms. The minimum Gasteiger partial charge on any atom is -0.395 e. The Morgan fingerprint density at radius 3 is 2.33 bits per heavy atom. The van der Waals surface area contributed by atoms with Crippen molar-refractivity contribution in [1.82, 2.24) is 4.98 Å². The molecule has 1 heterocycles. The Morgan fingerprint density at radius 1 is 1.04 bits per heavy atom. The molecule has 0 unspecified atom stereocenters. The van der Waals surface area contributed by atoms with Crippen LogP contribution >= 0.6 is 0 Å². The second-order valence-electron chi connectivity index (χ2n) is 4.89. The Balaban J connectivity index is 0.000000368. The molecule has 0 spiro atoms. The molecule has 1 aromatic heterocycles. The Labute approximate surface area is 140 Å². The lowest BCUT2D eigenvalue weighted by molar-refractivity contribution is -2.00. The summed E-state index contributed by atoms with van der Waals surface area (Å²) >= 11 is 0. The number of rotatable bonds is 3. The van der Waals surface area contributed by atoms with Crippen LogP contribution in [0.1, 0.15) is 0 Å². The largest absolute Gasteiger partial charge is 0.395 e. The van der Waals surface area contributed by atoms with Crippen LogP contribution in [-0.4, -0.2) is 23.2 Å². The van der Waals surface area contributed by atoms with Gasteiger partial charge in [-0.05, 0) is 18.2 Å². The van der Waals surface area contributed by atoms with E-state index in [2.05, 4.69) is 27.0 Å². The molecule has 0 bridgehead atoms.